The van der Waals surface area contributed by atoms with Crippen LogP contribution in [0.5, 0.6) is 0 Å². The second kappa shape index (κ2) is 8.32. The SMILES string of the molecule is Cc1cc(C(=O)NCc2nc(-c3ccncc3)no2)c(C)n1C(C)c1ccccc1. The second-order valence-corrected chi connectivity index (χ2v) is 7.17. The van der Waals surface area contributed by atoms with Gasteiger partial charge in [-0.2, -0.15) is 4.98 Å². The Labute approximate surface area is 174 Å². The first-order valence-electron chi connectivity index (χ1n) is 9.79. The third-order valence-corrected chi connectivity index (χ3v) is 5.21. The molecule has 0 saturated carbocycles. The molecule has 1 aromatic carbocycles. The van der Waals surface area contributed by atoms with E-state index in [9.17, 15) is 4.79 Å². The molecule has 1 amide bonds. The average Bonchev–Trinajstić information content (AvgIpc) is 3.37. The van der Waals surface area contributed by atoms with E-state index >= 15 is 0 Å². The molecule has 0 aliphatic heterocycles. The summed E-state index contributed by atoms with van der Waals surface area (Å²) < 4.78 is 7.44. The molecular formula is C23H23N5O2. The number of nitrogens with one attached hydrogen (secondary N) is 1. The van der Waals surface area contributed by atoms with Crippen LogP contribution in [0.1, 0.15) is 46.2 Å². The minimum atomic E-state index is -0.168. The van der Waals surface area contributed by atoms with Crippen LogP contribution in [0.25, 0.3) is 11.4 Å². The fourth-order valence-corrected chi connectivity index (χ4v) is 3.68. The van der Waals surface area contributed by atoms with Gasteiger partial charge in [0.2, 0.25) is 11.7 Å². The van der Waals surface area contributed by atoms with Gasteiger partial charge < -0.3 is 14.4 Å². The summed E-state index contributed by atoms with van der Waals surface area (Å²) in [6.45, 7) is 6.28. The number of benzene rings is 1. The highest BCUT2D eigenvalue weighted by Gasteiger charge is 2.20. The van der Waals surface area contributed by atoms with E-state index in [0.29, 0.717) is 17.3 Å². The molecule has 152 valence electrons. The van der Waals surface area contributed by atoms with Crippen molar-refractivity contribution in [1.29, 1.82) is 0 Å². The van der Waals surface area contributed by atoms with Gasteiger partial charge in [-0.25, -0.2) is 0 Å². The Hall–Kier alpha value is -3.74. The highest BCUT2D eigenvalue weighted by molar-refractivity contribution is 5.95. The number of pyridine rings is 1. The van der Waals surface area contributed by atoms with Gasteiger partial charge in [-0.15, -0.1) is 0 Å². The van der Waals surface area contributed by atoms with Gasteiger partial charge in [0.15, 0.2) is 0 Å². The summed E-state index contributed by atoms with van der Waals surface area (Å²) in [6.07, 6.45) is 3.33. The van der Waals surface area contributed by atoms with Crippen molar-refractivity contribution in [2.45, 2.75) is 33.4 Å². The largest absolute Gasteiger partial charge is 0.343 e. The van der Waals surface area contributed by atoms with Crippen molar-refractivity contribution in [2.75, 3.05) is 0 Å². The van der Waals surface area contributed by atoms with Gasteiger partial charge in [0.1, 0.15) is 0 Å². The van der Waals surface area contributed by atoms with Crippen LogP contribution in [0.2, 0.25) is 0 Å². The molecule has 0 saturated heterocycles. The summed E-state index contributed by atoms with van der Waals surface area (Å²) in [7, 11) is 0. The van der Waals surface area contributed by atoms with Crippen LogP contribution in [0.15, 0.2) is 65.4 Å². The number of hydrogen-bond acceptors (Lipinski definition) is 5. The van der Waals surface area contributed by atoms with E-state index < -0.39 is 0 Å². The molecule has 0 radical (unpaired) electrons. The predicted octanol–water partition coefficient (Wildman–Crippen LogP) is 4.09. The number of aromatic nitrogens is 4. The molecule has 7 nitrogen and oxygen atoms in total. The van der Waals surface area contributed by atoms with Crippen molar-refractivity contribution < 1.29 is 9.32 Å². The summed E-state index contributed by atoms with van der Waals surface area (Å²) in [4.78, 5) is 21.1. The zero-order valence-electron chi connectivity index (χ0n) is 17.2. The summed E-state index contributed by atoms with van der Waals surface area (Å²) in [5, 5.41) is 6.84. The van der Waals surface area contributed by atoms with E-state index in [-0.39, 0.29) is 18.5 Å². The lowest BCUT2D eigenvalue weighted by Gasteiger charge is -2.19. The molecule has 1 unspecified atom stereocenters. The first kappa shape index (κ1) is 19.6. The third kappa shape index (κ3) is 3.87. The first-order valence-corrected chi connectivity index (χ1v) is 9.79. The number of amides is 1. The highest BCUT2D eigenvalue weighted by Crippen LogP contribution is 2.25. The van der Waals surface area contributed by atoms with Crippen LogP contribution in [0.3, 0.4) is 0 Å². The lowest BCUT2D eigenvalue weighted by atomic mass is 10.1. The fourth-order valence-electron chi connectivity index (χ4n) is 3.68. The molecule has 4 rings (SSSR count). The van der Waals surface area contributed by atoms with E-state index in [1.807, 2.05) is 38.1 Å². The average molecular weight is 401 g/mol. The summed E-state index contributed by atoms with van der Waals surface area (Å²) in [5.74, 6) is 0.649. The van der Waals surface area contributed by atoms with Crippen molar-refractivity contribution in [3.63, 3.8) is 0 Å². The molecule has 3 heterocycles. The molecule has 1 N–H and O–H groups in total. The highest BCUT2D eigenvalue weighted by atomic mass is 16.5. The quantitative estimate of drug-likeness (QED) is 0.526. The molecule has 0 aliphatic rings. The molecular weight excluding hydrogens is 378 g/mol. The van der Waals surface area contributed by atoms with Crippen LogP contribution in [-0.2, 0) is 6.54 Å². The van der Waals surface area contributed by atoms with Crippen LogP contribution < -0.4 is 5.32 Å². The molecule has 30 heavy (non-hydrogen) atoms. The molecule has 4 aromatic rings. The number of rotatable bonds is 6. The Morgan fingerprint density at radius 3 is 2.60 bits per heavy atom. The lowest BCUT2D eigenvalue weighted by Crippen LogP contribution is -2.23. The van der Waals surface area contributed by atoms with Crippen molar-refractivity contribution in [2.24, 2.45) is 0 Å². The first-order chi connectivity index (χ1) is 14.5. The van der Waals surface area contributed by atoms with E-state index in [2.05, 4.69) is 44.1 Å². The standard InChI is InChI=1S/C23H23N5O2/c1-15-13-20(17(3)28(15)16(2)18-7-5-4-6-8-18)23(29)25-14-21-26-22(27-30-21)19-9-11-24-12-10-19/h4-13,16H,14H2,1-3H3,(H,25,29). The van der Waals surface area contributed by atoms with E-state index in [1.165, 1.54) is 5.56 Å². The Morgan fingerprint density at radius 1 is 1.13 bits per heavy atom. The summed E-state index contributed by atoms with van der Waals surface area (Å²) in [5.41, 5.74) is 4.60. The zero-order chi connectivity index (χ0) is 21.1. The Morgan fingerprint density at radius 2 is 1.87 bits per heavy atom. The predicted molar refractivity (Wildman–Crippen MR) is 113 cm³/mol. The topological polar surface area (TPSA) is 85.8 Å². The van der Waals surface area contributed by atoms with E-state index in [4.69, 9.17) is 4.52 Å². The van der Waals surface area contributed by atoms with Crippen LogP contribution in [0.4, 0.5) is 0 Å². The third-order valence-electron chi connectivity index (χ3n) is 5.21. The number of aryl methyl sites for hydroxylation is 1. The number of hydrogen-bond donors (Lipinski definition) is 1. The molecule has 0 aliphatic carbocycles. The van der Waals surface area contributed by atoms with Gasteiger partial charge in [-0.1, -0.05) is 35.5 Å². The van der Waals surface area contributed by atoms with Crippen molar-refractivity contribution in [3.8, 4) is 11.4 Å². The van der Waals surface area contributed by atoms with Crippen LogP contribution in [-0.4, -0.2) is 25.6 Å². The second-order valence-electron chi connectivity index (χ2n) is 7.17. The van der Waals surface area contributed by atoms with E-state index in [0.717, 1.165) is 17.0 Å². The molecule has 0 fully saturated rings. The van der Waals surface area contributed by atoms with Crippen LogP contribution >= 0.6 is 0 Å². The normalized spacial score (nSPS) is 12.0. The summed E-state index contributed by atoms with van der Waals surface area (Å²) in [6, 6.07) is 15.9. The minimum absolute atomic E-state index is 0.131. The Kier molecular flexibility index (Phi) is 5.43. The smallest absolute Gasteiger partial charge is 0.253 e. The van der Waals surface area contributed by atoms with Gasteiger partial charge in [0, 0.05) is 29.3 Å². The maximum atomic E-state index is 12.8. The number of carbonyl (C=O) groups is 1. The Balaban J connectivity index is 1.48. The number of nitrogens with zero attached hydrogens (tertiary/aromatic N) is 4. The monoisotopic (exact) mass is 401 g/mol. The van der Waals surface area contributed by atoms with Gasteiger partial charge >= 0.3 is 0 Å². The molecule has 3 aromatic heterocycles. The maximum absolute atomic E-state index is 12.8. The van der Waals surface area contributed by atoms with Gasteiger partial charge in [-0.05, 0) is 44.5 Å². The van der Waals surface area contributed by atoms with Gasteiger partial charge in [0.05, 0.1) is 18.2 Å². The van der Waals surface area contributed by atoms with Crippen LogP contribution in [0, 0.1) is 13.8 Å². The molecule has 0 bridgehead atoms. The molecule has 0 spiro atoms. The maximum Gasteiger partial charge on any atom is 0.253 e. The molecule has 7 heteroatoms. The van der Waals surface area contributed by atoms with Crippen molar-refractivity contribution in [3.05, 3.63) is 89.3 Å². The van der Waals surface area contributed by atoms with Gasteiger partial charge in [-0.3, -0.25) is 9.78 Å². The zero-order valence-corrected chi connectivity index (χ0v) is 17.2. The summed E-state index contributed by atoms with van der Waals surface area (Å²) >= 11 is 0. The van der Waals surface area contributed by atoms with Crippen molar-refractivity contribution in [1.82, 2.24) is 25.0 Å². The van der Waals surface area contributed by atoms with E-state index in [1.54, 1.807) is 24.5 Å². The number of carbonyl (C=O) groups excluding carboxylic acids is 1. The lowest BCUT2D eigenvalue weighted by molar-refractivity contribution is 0.0945. The van der Waals surface area contributed by atoms with Crippen molar-refractivity contribution >= 4 is 5.91 Å². The fraction of sp³-hybridized carbons (Fsp3) is 0.217. The minimum Gasteiger partial charge on any atom is -0.343 e. The Bertz CT molecular complexity index is 1150. The molecule has 1 atom stereocenters. The van der Waals surface area contributed by atoms with Gasteiger partial charge in [0.25, 0.3) is 5.91 Å².